The van der Waals surface area contributed by atoms with E-state index in [2.05, 4.69) is 20.8 Å². The summed E-state index contributed by atoms with van der Waals surface area (Å²) in [7, 11) is 0. The molecule has 29 heavy (non-hydrogen) atoms. The number of benzene rings is 1. The van der Waals surface area contributed by atoms with Gasteiger partial charge >= 0.3 is 5.97 Å². The topological polar surface area (TPSA) is 73.3 Å². The van der Waals surface area contributed by atoms with Crippen molar-refractivity contribution in [3.63, 3.8) is 0 Å². The van der Waals surface area contributed by atoms with Gasteiger partial charge in [0.1, 0.15) is 11.7 Å². The maximum Gasteiger partial charge on any atom is 0.338 e. The Kier molecular flexibility index (Phi) is 6.68. The molecule has 2 aromatic rings. The van der Waals surface area contributed by atoms with E-state index in [1.165, 1.54) is 6.42 Å². The lowest BCUT2D eigenvalue weighted by molar-refractivity contribution is -0.688. The second-order valence-corrected chi connectivity index (χ2v) is 8.56. The number of nitrogens with zero attached hydrogens (tertiary/aromatic N) is 1. The van der Waals surface area contributed by atoms with Crippen LogP contribution >= 0.6 is 0 Å². The predicted octanol–water partition coefficient (Wildman–Crippen LogP) is 3.74. The van der Waals surface area contributed by atoms with Crippen LogP contribution in [0.2, 0.25) is 0 Å². The van der Waals surface area contributed by atoms with E-state index in [-0.39, 0.29) is 12.1 Å². The van der Waals surface area contributed by atoms with Crippen molar-refractivity contribution in [1.82, 2.24) is 0 Å². The van der Waals surface area contributed by atoms with Crippen LogP contribution in [0.3, 0.4) is 0 Å². The molecule has 5 heteroatoms. The first kappa shape index (κ1) is 21.0. The number of primary amides is 1. The molecule has 1 fully saturated rings. The molecule has 1 aliphatic carbocycles. The fourth-order valence-corrected chi connectivity index (χ4v) is 4.27. The highest BCUT2D eigenvalue weighted by atomic mass is 16.5. The van der Waals surface area contributed by atoms with Crippen molar-refractivity contribution in [2.45, 2.75) is 52.7 Å². The van der Waals surface area contributed by atoms with Crippen molar-refractivity contribution in [3.8, 4) is 0 Å². The largest absolute Gasteiger partial charge is 0.458 e. The highest BCUT2D eigenvalue weighted by molar-refractivity contribution is 5.92. The molecule has 1 aromatic heterocycles. The standard InChI is InChI=1S/C24H30N2O3/c1-16(2)20-11-10-17(3)13-22(20)29-24(28)21-9-5-4-7-18(21)14-26-12-6-8-19(15-26)23(25)27/h4-9,12,15-17,20,22H,10-11,13-14H2,1-3H3,(H-,25,27)/p+1. The van der Waals surface area contributed by atoms with Crippen LogP contribution in [-0.4, -0.2) is 18.0 Å². The van der Waals surface area contributed by atoms with Crippen LogP contribution in [-0.2, 0) is 11.3 Å². The lowest BCUT2D eigenvalue weighted by Gasteiger charge is -2.36. The summed E-state index contributed by atoms with van der Waals surface area (Å²) in [6, 6.07) is 10.9. The third-order valence-corrected chi connectivity index (χ3v) is 5.95. The maximum absolute atomic E-state index is 13.1. The van der Waals surface area contributed by atoms with Gasteiger partial charge in [-0.1, -0.05) is 45.4 Å². The van der Waals surface area contributed by atoms with Gasteiger partial charge in [0.05, 0.1) is 5.56 Å². The molecular formula is C24H31N2O3+. The zero-order valence-corrected chi connectivity index (χ0v) is 17.5. The van der Waals surface area contributed by atoms with Crippen LogP contribution in [0.1, 0.15) is 66.3 Å². The Morgan fingerprint density at radius 1 is 1.17 bits per heavy atom. The minimum Gasteiger partial charge on any atom is -0.458 e. The van der Waals surface area contributed by atoms with Crippen molar-refractivity contribution >= 4 is 11.9 Å². The number of carbonyl (C=O) groups excluding carboxylic acids is 2. The quantitative estimate of drug-likeness (QED) is 0.598. The summed E-state index contributed by atoms with van der Waals surface area (Å²) in [5.74, 6) is 0.729. The van der Waals surface area contributed by atoms with Crippen molar-refractivity contribution in [1.29, 1.82) is 0 Å². The first-order chi connectivity index (χ1) is 13.8. The zero-order valence-electron chi connectivity index (χ0n) is 17.5. The number of amides is 1. The Morgan fingerprint density at radius 2 is 1.93 bits per heavy atom. The zero-order chi connectivity index (χ0) is 21.0. The molecule has 1 heterocycles. The van der Waals surface area contributed by atoms with Crippen LogP contribution in [0, 0.1) is 17.8 Å². The number of pyridine rings is 1. The van der Waals surface area contributed by atoms with Gasteiger partial charge in [0.2, 0.25) is 0 Å². The van der Waals surface area contributed by atoms with E-state index < -0.39 is 5.91 Å². The van der Waals surface area contributed by atoms with Gasteiger partial charge in [-0.05, 0) is 42.7 Å². The number of rotatable bonds is 6. The molecule has 1 aliphatic rings. The number of esters is 1. The molecule has 1 aromatic carbocycles. The minimum atomic E-state index is -0.474. The number of hydrogen-bond donors (Lipinski definition) is 1. The van der Waals surface area contributed by atoms with E-state index in [9.17, 15) is 9.59 Å². The van der Waals surface area contributed by atoms with Gasteiger partial charge in [0.25, 0.3) is 5.91 Å². The molecule has 0 bridgehead atoms. The third kappa shape index (κ3) is 5.22. The second-order valence-electron chi connectivity index (χ2n) is 8.56. The molecule has 0 spiro atoms. The molecule has 3 rings (SSSR count). The number of hydrogen-bond acceptors (Lipinski definition) is 3. The Hall–Kier alpha value is -2.69. The van der Waals surface area contributed by atoms with Gasteiger partial charge < -0.3 is 10.5 Å². The van der Waals surface area contributed by atoms with Gasteiger partial charge in [-0.3, -0.25) is 4.79 Å². The fourth-order valence-electron chi connectivity index (χ4n) is 4.27. The van der Waals surface area contributed by atoms with Crippen LogP contribution in [0.4, 0.5) is 0 Å². The van der Waals surface area contributed by atoms with Crippen molar-refractivity contribution in [2.75, 3.05) is 0 Å². The molecule has 1 amide bonds. The van der Waals surface area contributed by atoms with E-state index >= 15 is 0 Å². The summed E-state index contributed by atoms with van der Waals surface area (Å²) >= 11 is 0. The summed E-state index contributed by atoms with van der Waals surface area (Å²) in [5, 5.41) is 0. The first-order valence-electron chi connectivity index (χ1n) is 10.4. The molecule has 0 radical (unpaired) electrons. The van der Waals surface area contributed by atoms with Gasteiger partial charge in [0.15, 0.2) is 18.9 Å². The summed E-state index contributed by atoms with van der Waals surface area (Å²) in [6.45, 7) is 7.10. The summed E-state index contributed by atoms with van der Waals surface area (Å²) < 4.78 is 7.89. The van der Waals surface area contributed by atoms with E-state index in [1.807, 2.05) is 35.0 Å². The molecule has 3 atom stereocenters. The summed E-state index contributed by atoms with van der Waals surface area (Å²) in [4.78, 5) is 24.5. The molecule has 2 N–H and O–H groups in total. The molecule has 0 aliphatic heterocycles. The average molecular weight is 396 g/mol. The van der Waals surface area contributed by atoms with Crippen LogP contribution in [0.15, 0.2) is 48.8 Å². The van der Waals surface area contributed by atoms with Gasteiger partial charge in [-0.25, -0.2) is 4.79 Å². The molecule has 154 valence electrons. The average Bonchev–Trinajstić information content (AvgIpc) is 2.68. The van der Waals surface area contributed by atoms with Crippen molar-refractivity contribution < 1.29 is 18.9 Å². The van der Waals surface area contributed by atoms with Crippen LogP contribution < -0.4 is 10.3 Å². The van der Waals surface area contributed by atoms with Gasteiger partial charge in [0, 0.05) is 11.6 Å². The Balaban J connectivity index is 1.80. The van der Waals surface area contributed by atoms with E-state index in [4.69, 9.17) is 10.5 Å². The Labute approximate surface area is 172 Å². The molecule has 5 nitrogen and oxygen atoms in total. The summed E-state index contributed by atoms with van der Waals surface area (Å²) in [5.41, 5.74) is 7.24. The smallest absolute Gasteiger partial charge is 0.338 e. The second kappa shape index (κ2) is 9.21. The molecular weight excluding hydrogens is 364 g/mol. The maximum atomic E-state index is 13.1. The highest BCUT2D eigenvalue weighted by Gasteiger charge is 2.34. The Bertz CT molecular complexity index is 878. The number of carbonyl (C=O) groups is 2. The monoisotopic (exact) mass is 395 g/mol. The Morgan fingerprint density at radius 3 is 2.66 bits per heavy atom. The van der Waals surface area contributed by atoms with Crippen molar-refractivity contribution in [3.05, 3.63) is 65.5 Å². The predicted molar refractivity (Wildman–Crippen MR) is 111 cm³/mol. The lowest BCUT2D eigenvalue weighted by atomic mass is 9.75. The molecule has 1 saturated carbocycles. The van der Waals surface area contributed by atoms with Gasteiger partial charge in [-0.2, -0.15) is 4.57 Å². The molecule has 0 saturated heterocycles. The first-order valence-corrected chi connectivity index (χ1v) is 10.4. The molecule has 3 unspecified atom stereocenters. The minimum absolute atomic E-state index is 0.0369. The number of ether oxygens (including phenoxy) is 1. The van der Waals surface area contributed by atoms with Gasteiger partial charge in [-0.15, -0.1) is 0 Å². The fraction of sp³-hybridized carbons (Fsp3) is 0.458. The van der Waals surface area contributed by atoms with E-state index in [0.29, 0.717) is 35.4 Å². The summed E-state index contributed by atoms with van der Waals surface area (Å²) in [6.07, 6.45) is 6.74. The van der Waals surface area contributed by atoms with Crippen molar-refractivity contribution in [2.24, 2.45) is 23.5 Å². The third-order valence-electron chi connectivity index (χ3n) is 5.95. The van der Waals surface area contributed by atoms with E-state index in [1.54, 1.807) is 18.3 Å². The van der Waals surface area contributed by atoms with Crippen LogP contribution in [0.5, 0.6) is 0 Å². The SMILES string of the molecule is CC1CCC(C(C)C)C(OC(=O)c2ccccc2C[n+]2cccc(C(N)=O)c2)C1. The lowest BCUT2D eigenvalue weighted by Crippen LogP contribution is -2.37. The van der Waals surface area contributed by atoms with Crippen LogP contribution in [0.25, 0.3) is 0 Å². The number of nitrogens with two attached hydrogens (primary N) is 1. The normalized spacial score (nSPS) is 21.7. The highest BCUT2D eigenvalue weighted by Crippen LogP contribution is 2.35. The number of aromatic nitrogens is 1. The van der Waals surface area contributed by atoms with E-state index in [0.717, 1.165) is 18.4 Å².